The molecule has 0 aromatic heterocycles. The third-order valence-corrected chi connectivity index (χ3v) is 6.80. The van der Waals surface area contributed by atoms with E-state index in [-0.39, 0.29) is 12.4 Å². The summed E-state index contributed by atoms with van der Waals surface area (Å²) in [6.45, 7) is 5.95. The molecule has 0 unspecified atom stereocenters. The maximum absolute atomic E-state index is 9.87. The summed E-state index contributed by atoms with van der Waals surface area (Å²) >= 11 is 0. The van der Waals surface area contributed by atoms with Gasteiger partial charge in [-0.1, -0.05) is 53.9 Å². The summed E-state index contributed by atoms with van der Waals surface area (Å²) in [4.78, 5) is 4.97. The number of nitrogens with zero attached hydrogens (tertiary/aromatic N) is 2. The van der Waals surface area contributed by atoms with Crippen LogP contribution in [0.1, 0.15) is 36.0 Å². The molecule has 1 heterocycles. The molecule has 4 heteroatoms. The van der Waals surface area contributed by atoms with Gasteiger partial charge in [-0.15, -0.1) is 0 Å². The third-order valence-electron chi connectivity index (χ3n) is 6.80. The first-order valence-corrected chi connectivity index (χ1v) is 12.7. The monoisotopic (exact) mass is 468 g/mol. The molecule has 1 aliphatic carbocycles. The Morgan fingerprint density at radius 3 is 2.23 bits per heavy atom. The van der Waals surface area contributed by atoms with Gasteiger partial charge in [0.05, 0.1) is 0 Å². The van der Waals surface area contributed by atoms with E-state index in [0.29, 0.717) is 6.42 Å². The fourth-order valence-electron chi connectivity index (χ4n) is 4.74. The molecule has 2 aromatic carbocycles. The number of aliphatic hydroxyl groups excluding tert-OH is 1. The molecule has 2 aromatic rings. The quantitative estimate of drug-likeness (QED) is 0.484. The van der Waals surface area contributed by atoms with Crippen LogP contribution in [0.4, 0.5) is 0 Å². The summed E-state index contributed by atoms with van der Waals surface area (Å²) in [5, 5.41) is 19.4. The highest BCUT2D eigenvalue weighted by Crippen LogP contribution is 2.34. The number of aromatic hydroxyl groups is 1. The number of phenolic OH excluding ortho intramolecular Hbond substituents is 1. The average molecular weight is 469 g/mol. The number of likely N-dealkylation sites (N-methyl/N-ethyl adjacent to an activating group) is 1. The smallest absolute Gasteiger partial charge is 0.115 e. The van der Waals surface area contributed by atoms with Crippen molar-refractivity contribution < 1.29 is 10.2 Å². The van der Waals surface area contributed by atoms with Crippen LogP contribution in [0.15, 0.2) is 89.4 Å². The van der Waals surface area contributed by atoms with E-state index < -0.39 is 0 Å². The fourth-order valence-corrected chi connectivity index (χ4v) is 4.74. The van der Waals surface area contributed by atoms with Crippen LogP contribution < -0.4 is 0 Å². The van der Waals surface area contributed by atoms with Crippen molar-refractivity contribution in [1.82, 2.24) is 9.80 Å². The largest absolute Gasteiger partial charge is 0.508 e. The summed E-state index contributed by atoms with van der Waals surface area (Å²) < 4.78 is 0. The Morgan fingerprint density at radius 1 is 0.914 bits per heavy atom. The zero-order valence-corrected chi connectivity index (χ0v) is 20.7. The molecule has 1 aliphatic heterocycles. The molecule has 0 bridgehead atoms. The molecule has 0 spiro atoms. The van der Waals surface area contributed by atoms with Crippen LogP contribution in [0, 0.1) is 0 Å². The van der Waals surface area contributed by atoms with Crippen molar-refractivity contribution in [2.45, 2.75) is 25.7 Å². The summed E-state index contributed by atoms with van der Waals surface area (Å²) in [6.07, 6.45) is 9.52. The number of piperazine rings is 1. The molecular weight excluding hydrogens is 432 g/mol. The van der Waals surface area contributed by atoms with Crippen LogP contribution in [0.25, 0.3) is 5.57 Å². The van der Waals surface area contributed by atoms with Gasteiger partial charge in [0, 0.05) is 38.4 Å². The lowest BCUT2D eigenvalue weighted by molar-refractivity contribution is 0.153. The maximum atomic E-state index is 9.87. The van der Waals surface area contributed by atoms with Crippen molar-refractivity contribution in [2.75, 3.05) is 46.4 Å². The average Bonchev–Trinajstić information content (AvgIpc) is 2.90. The van der Waals surface area contributed by atoms with Gasteiger partial charge in [0.15, 0.2) is 0 Å². The van der Waals surface area contributed by atoms with E-state index >= 15 is 0 Å². The van der Waals surface area contributed by atoms with E-state index in [2.05, 4.69) is 58.7 Å². The molecule has 1 fully saturated rings. The Kier molecular flexibility index (Phi) is 8.97. The third kappa shape index (κ3) is 6.96. The second-order valence-corrected chi connectivity index (χ2v) is 9.38. The zero-order valence-electron chi connectivity index (χ0n) is 20.7. The standard InChI is InChI=1S/C31H36N2O2/c1-32-20-22-33(23-21-32)19-5-7-25-11-13-27(14-12-25)31(28-15-17-29(35)18-16-28)30(10-6-24-34)26-8-3-2-4-9-26/h2-3,8,11-18,34-35H,5-7,10,19-24H2,1H3/b31-30+. The van der Waals surface area contributed by atoms with Crippen molar-refractivity contribution in [1.29, 1.82) is 0 Å². The summed E-state index contributed by atoms with van der Waals surface area (Å²) in [5.74, 6) is 0.250. The summed E-state index contributed by atoms with van der Waals surface area (Å²) in [7, 11) is 2.20. The normalized spacial score (nSPS) is 16.9. The van der Waals surface area contributed by atoms with Crippen molar-refractivity contribution >= 4 is 5.57 Å². The molecule has 0 amide bonds. The second kappa shape index (κ2) is 12.6. The number of aliphatic hydroxyl groups is 1. The maximum Gasteiger partial charge on any atom is 0.115 e. The van der Waals surface area contributed by atoms with Gasteiger partial charge in [0.1, 0.15) is 5.75 Å². The first-order chi connectivity index (χ1) is 17.1. The minimum Gasteiger partial charge on any atom is -0.508 e. The highest BCUT2D eigenvalue weighted by atomic mass is 16.3. The minimum atomic E-state index is 0.134. The number of allylic oxidation sites excluding steroid dienone is 5. The highest BCUT2D eigenvalue weighted by Gasteiger charge is 2.16. The van der Waals surface area contributed by atoms with Gasteiger partial charge in [-0.3, -0.25) is 0 Å². The number of hydrogen-bond acceptors (Lipinski definition) is 4. The molecule has 2 aliphatic rings. The second-order valence-electron chi connectivity index (χ2n) is 9.38. The van der Waals surface area contributed by atoms with E-state index in [1.54, 1.807) is 12.1 Å². The SMILES string of the molecule is CN1CCN(CCCc2ccc(/C(=C(/CCCO)C3=C=C=CC=C3)c3ccc(O)cc3)cc2)CC1. The van der Waals surface area contributed by atoms with Crippen LogP contribution in [0.3, 0.4) is 0 Å². The van der Waals surface area contributed by atoms with Crippen LogP contribution in [-0.4, -0.2) is 66.4 Å². The molecule has 4 nitrogen and oxygen atoms in total. The van der Waals surface area contributed by atoms with Crippen LogP contribution in [-0.2, 0) is 6.42 Å². The van der Waals surface area contributed by atoms with Gasteiger partial charge in [-0.2, -0.15) is 0 Å². The van der Waals surface area contributed by atoms with E-state index in [1.807, 2.05) is 24.3 Å². The Balaban J connectivity index is 1.59. The van der Waals surface area contributed by atoms with Crippen LogP contribution >= 0.6 is 0 Å². The predicted molar refractivity (Wildman–Crippen MR) is 143 cm³/mol. The van der Waals surface area contributed by atoms with Gasteiger partial charge in [0.2, 0.25) is 0 Å². The Bertz CT molecular complexity index is 1140. The molecule has 0 saturated carbocycles. The number of rotatable bonds is 10. The molecule has 4 rings (SSSR count). The summed E-state index contributed by atoms with van der Waals surface area (Å²) in [6, 6.07) is 16.3. The topological polar surface area (TPSA) is 46.9 Å². The van der Waals surface area contributed by atoms with Crippen molar-refractivity contribution in [2.24, 2.45) is 0 Å². The first-order valence-electron chi connectivity index (χ1n) is 12.7. The van der Waals surface area contributed by atoms with Gasteiger partial charge in [-0.05, 0) is 91.4 Å². The Labute approximate surface area is 209 Å². The Hall–Kier alpha value is -3.10. The van der Waals surface area contributed by atoms with E-state index in [4.69, 9.17) is 0 Å². The van der Waals surface area contributed by atoms with Gasteiger partial charge in [0.25, 0.3) is 0 Å². The van der Waals surface area contributed by atoms with E-state index in [9.17, 15) is 10.2 Å². The van der Waals surface area contributed by atoms with Crippen LogP contribution in [0.2, 0.25) is 0 Å². The van der Waals surface area contributed by atoms with Crippen molar-refractivity contribution in [3.63, 3.8) is 0 Å². The summed E-state index contributed by atoms with van der Waals surface area (Å²) in [5.41, 5.74) is 13.1. The predicted octanol–water partition coefficient (Wildman–Crippen LogP) is 4.95. The number of benzene rings is 2. The van der Waals surface area contributed by atoms with Gasteiger partial charge in [-0.25, -0.2) is 0 Å². The molecule has 0 radical (unpaired) electrons. The molecular formula is C31H36N2O2. The number of hydrogen-bond donors (Lipinski definition) is 2. The zero-order chi connectivity index (χ0) is 24.5. The molecule has 1 saturated heterocycles. The molecule has 2 N–H and O–H groups in total. The van der Waals surface area contributed by atoms with E-state index in [1.165, 1.54) is 25.1 Å². The first kappa shape index (κ1) is 25.0. The minimum absolute atomic E-state index is 0.134. The lowest BCUT2D eigenvalue weighted by Gasteiger charge is -2.32. The van der Waals surface area contributed by atoms with E-state index in [0.717, 1.165) is 60.3 Å². The van der Waals surface area contributed by atoms with Gasteiger partial charge < -0.3 is 20.0 Å². The lowest BCUT2D eigenvalue weighted by Crippen LogP contribution is -2.44. The lowest BCUT2D eigenvalue weighted by atomic mass is 9.86. The number of aryl methyl sites for hydroxylation is 1. The van der Waals surface area contributed by atoms with Crippen molar-refractivity contribution in [3.8, 4) is 5.75 Å². The highest BCUT2D eigenvalue weighted by molar-refractivity contribution is 5.85. The number of phenols is 1. The molecule has 0 atom stereocenters. The van der Waals surface area contributed by atoms with Crippen molar-refractivity contribution in [3.05, 3.63) is 106 Å². The van der Waals surface area contributed by atoms with Crippen LogP contribution in [0.5, 0.6) is 5.75 Å². The fraction of sp³-hybridized carbons (Fsp3) is 0.355. The molecule has 182 valence electrons. The molecule has 35 heavy (non-hydrogen) atoms. The Morgan fingerprint density at radius 2 is 1.60 bits per heavy atom. The van der Waals surface area contributed by atoms with Gasteiger partial charge >= 0.3 is 0 Å².